The second-order valence-corrected chi connectivity index (χ2v) is 7.24. The van der Waals surface area contributed by atoms with E-state index in [4.69, 9.17) is 10.5 Å². The second kappa shape index (κ2) is 8.27. The van der Waals surface area contributed by atoms with Crippen LogP contribution in [0.5, 0.6) is 0 Å². The van der Waals surface area contributed by atoms with Crippen LogP contribution in [-0.2, 0) is 9.53 Å². The highest BCUT2D eigenvalue weighted by molar-refractivity contribution is 5.81. The van der Waals surface area contributed by atoms with E-state index in [0.29, 0.717) is 6.61 Å². The zero-order valence-electron chi connectivity index (χ0n) is 14.5. The molecule has 0 spiro atoms. The third-order valence-corrected chi connectivity index (χ3v) is 5.49. The molecule has 0 aromatic heterocycles. The van der Waals surface area contributed by atoms with Gasteiger partial charge in [0.05, 0.1) is 6.61 Å². The van der Waals surface area contributed by atoms with Crippen molar-refractivity contribution < 1.29 is 9.53 Å². The summed E-state index contributed by atoms with van der Waals surface area (Å²) in [5.74, 6) is 1.76. The summed E-state index contributed by atoms with van der Waals surface area (Å²) >= 11 is 0. The Kier molecular flexibility index (Phi) is 6.66. The predicted octanol–water partition coefficient (Wildman–Crippen LogP) is 1.32. The van der Waals surface area contributed by atoms with Gasteiger partial charge in [-0.3, -0.25) is 9.69 Å². The SMILES string of the molecule is COCC(N)C(=O)N1CCN(C2CCC(C(C)C)CC2)CC1. The molecule has 1 aliphatic carbocycles. The van der Waals surface area contributed by atoms with Gasteiger partial charge in [0.15, 0.2) is 0 Å². The number of hydrogen-bond acceptors (Lipinski definition) is 4. The number of piperazine rings is 1. The fourth-order valence-electron chi connectivity index (χ4n) is 3.93. The highest BCUT2D eigenvalue weighted by atomic mass is 16.5. The topological polar surface area (TPSA) is 58.8 Å². The van der Waals surface area contributed by atoms with Gasteiger partial charge in [0.1, 0.15) is 6.04 Å². The molecule has 2 rings (SSSR count). The number of ether oxygens (including phenoxy) is 1. The molecule has 2 aliphatic rings. The molecule has 2 N–H and O–H groups in total. The fraction of sp³-hybridized carbons (Fsp3) is 0.941. The molecule has 22 heavy (non-hydrogen) atoms. The molecule has 128 valence electrons. The number of hydrogen-bond donors (Lipinski definition) is 1. The second-order valence-electron chi connectivity index (χ2n) is 7.24. The molecule has 5 heteroatoms. The average molecular weight is 311 g/mol. The first-order valence-electron chi connectivity index (χ1n) is 8.80. The number of carbonyl (C=O) groups is 1. The third-order valence-electron chi connectivity index (χ3n) is 5.49. The van der Waals surface area contributed by atoms with E-state index in [1.54, 1.807) is 7.11 Å². The van der Waals surface area contributed by atoms with E-state index >= 15 is 0 Å². The van der Waals surface area contributed by atoms with Crippen LogP contribution in [-0.4, -0.2) is 67.7 Å². The Morgan fingerprint density at radius 1 is 1.14 bits per heavy atom. The summed E-state index contributed by atoms with van der Waals surface area (Å²) in [5.41, 5.74) is 5.85. The number of methoxy groups -OCH3 is 1. The standard InChI is InChI=1S/C17H33N3O2/c1-13(2)14-4-6-15(7-5-14)19-8-10-20(11-9-19)17(21)16(18)12-22-3/h13-16H,4-12,18H2,1-3H3. The first-order chi connectivity index (χ1) is 10.5. The van der Waals surface area contributed by atoms with Crippen LogP contribution < -0.4 is 5.73 Å². The summed E-state index contributed by atoms with van der Waals surface area (Å²) in [6, 6.07) is 0.206. The van der Waals surface area contributed by atoms with Gasteiger partial charge in [-0.2, -0.15) is 0 Å². The van der Waals surface area contributed by atoms with E-state index in [9.17, 15) is 4.79 Å². The summed E-state index contributed by atoms with van der Waals surface area (Å²) in [6.45, 7) is 8.58. The largest absolute Gasteiger partial charge is 0.383 e. The lowest BCUT2D eigenvalue weighted by Gasteiger charge is -2.43. The Morgan fingerprint density at radius 3 is 2.23 bits per heavy atom. The molecule has 1 saturated carbocycles. The minimum absolute atomic E-state index is 0.0324. The lowest BCUT2D eigenvalue weighted by Crippen LogP contribution is -2.56. The van der Waals surface area contributed by atoms with Gasteiger partial charge in [-0.1, -0.05) is 13.8 Å². The van der Waals surface area contributed by atoms with Crippen LogP contribution in [0.1, 0.15) is 39.5 Å². The molecule has 0 radical (unpaired) electrons. The van der Waals surface area contributed by atoms with Crippen LogP contribution in [0.25, 0.3) is 0 Å². The van der Waals surface area contributed by atoms with E-state index in [1.165, 1.54) is 25.7 Å². The molecule has 1 saturated heterocycles. The van der Waals surface area contributed by atoms with Crippen molar-refractivity contribution >= 4 is 5.91 Å². The molecule has 5 nitrogen and oxygen atoms in total. The smallest absolute Gasteiger partial charge is 0.241 e. The zero-order chi connectivity index (χ0) is 16.1. The molecule has 0 aromatic rings. The van der Waals surface area contributed by atoms with Gasteiger partial charge in [0.25, 0.3) is 0 Å². The molecular weight excluding hydrogens is 278 g/mol. The maximum atomic E-state index is 12.2. The molecule has 0 aromatic carbocycles. The van der Waals surface area contributed by atoms with Crippen molar-refractivity contribution in [1.82, 2.24) is 9.80 Å². The zero-order valence-corrected chi connectivity index (χ0v) is 14.5. The van der Waals surface area contributed by atoms with Gasteiger partial charge in [-0.05, 0) is 37.5 Å². The van der Waals surface area contributed by atoms with Crippen LogP contribution in [0.4, 0.5) is 0 Å². The van der Waals surface area contributed by atoms with Gasteiger partial charge < -0.3 is 15.4 Å². The van der Waals surface area contributed by atoms with Gasteiger partial charge in [0.2, 0.25) is 5.91 Å². The van der Waals surface area contributed by atoms with Gasteiger partial charge in [-0.25, -0.2) is 0 Å². The minimum Gasteiger partial charge on any atom is -0.383 e. The summed E-state index contributed by atoms with van der Waals surface area (Å²) in [4.78, 5) is 16.7. The first-order valence-corrected chi connectivity index (χ1v) is 8.80. The minimum atomic E-state index is -0.516. The van der Waals surface area contributed by atoms with E-state index < -0.39 is 6.04 Å². The summed E-state index contributed by atoms with van der Waals surface area (Å²) in [5, 5.41) is 0. The maximum Gasteiger partial charge on any atom is 0.241 e. The number of carbonyl (C=O) groups excluding carboxylic acids is 1. The Hall–Kier alpha value is -0.650. The van der Waals surface area contributed by atoms with Crippen molar-refractivity contribution in [2.75, 3.05) is 39.9 Å². The molecule has 1 amide bonds. The quantitative estimate of drug-likeness (QED) is 0.832. The average Bonchev–Trinajstić information content (AvgIpc) is 2.54. The number of nitrogens with zero attached hydrogens (tertiary/aromatic N) is 2. The molecule has 1 unspecified atom stereocenters. The van der Waals surface area contributed by atoms with E-state index in [0.717, 1.165) is 44.1 Å². The lowest BCUT2D eigenvalue weighted by molar-refractivity contribution is -0.136. The van der Waals surface area contributed by atoms with E-state index in [1.807, 2.05) is 4.90 Å². The van der Waals surface area contributed by atoms with Gasteiger partial charge in [0, 0.05) is 39.3 Å². The van der Waals surface area contributed by atoms with Crippen molar-refractivity contribution in [2.45, 2.75) is 51.6 Å². The number of nitrogens with two attached hydrogens (primary N) is 1. The lowest BCUT2D eigenvalue weighted by atomic mass is 9.79. The van der Waals surface area contributed by atoms with Crippen molar-refractivity contribution in [3.05, 3.63) is 0 Å². The van der Waals surface area contributed by atoms with E-state index in [-0.39, 0.29) is 5.91 Å². The summed E-state index contributed by atoms with van der Waals surface area (Å²) < 4.78 is 4.98. The molecule has 1 heterocycles. The predicted molar refractivity (Wildman–Crippen MR) is 88.6 cm³/mol. The van der Waals surface area contributed by atoms with Crippen LogP contribution in [0.2, 0.25) is 0 Å². The van der Waals surface area contributed by atoms with E-state index in [2.05, 4.69) is 18.7 Å². The monoisotopic (exact) mass is 311 g/mol. The normalized spacial score (nSPS) is 28.9. The fourth-order valence-corrected chi connectivity index (χ4v) is 3.93. The molecule has 1 aliphatic heterocycles. The van der Waals surface area contributed by atoms with Crippen molar-refractivity contribution in [3.63, 3.8) is 0 Å². The number of rotatable bonds is 5. The van der Waals surface area contributed by atoms with Crippen LogP contribution >= 0.6 is 0 Å². The van der Waals surface area contributed by atoms with Gasteiger partial charge >= 0.3 is 0 Å². The van der Waals surface area contributed by atoms with Crippen molar-refractivity contribution in [2.24, 2.45) is 17.6 Å². The first kappa shape index (κ1) is 17.7. The highest BCUT2D eigenvalue weighted by Crippen LogP contribution is 2.32. The highest BCUT2D eigenvalue weighted by Gasteiger charge is 2.31. The van der Waals surface area contributed by atoms with Crippen LogP contribution in [0.15, 0.2) is 0 Å². The van der Waals surface area contributed by atoms with Crippen LogP contribution in [0, 0.1) is 11.8 Å². The van der Waals surface area contributed by atoms with Gasteiger partial charge in [-0.15, -0.1) is 0 Å². The van der Waals surface area contributed by atoms with Crippen molar-refractivity contribution in [3.8, 4) is 0 Å². The Balaban J connectivity index is 1.75. The Morgan fingerprint density at radius 2 is 1.73 bits per heavy atom. The molecule has 2 fully saturated rings. The maximum absolute atomic E-state index is 12.2. The molecular formula is C17H33N3O2. The summed E-state index contributed by atoms with van der Waals surface area (Å²) in [7, 11) is 1.58. The Bertz CT molecular complexity index is 346. The molecule has 0 bridgehead atoms. The molecule has 1 atom stereocenters. The third kappa shape index (κ3) is 4.43. The van der Waals surface area contributed by atoms with Crippen molar-refractivity contribution in [1.29, 1.82) is 0 Å². The Labute approximate surface area is 135 Å². The van der Waals surface area contributed by atoms with Crippen LogP contribution in [0.3, 0.4) is 0 Å². The number of amides is 1. The summed E-state index contributed by atoms with van der Waals surface area (Å²) in [6.07, 6.45) is 5.36.